The molecule has 0 spiro atoms. The van der Waals surface area contributed by atoms with E-state index >= 15 is 0 Å². The van der Waals surface area contributed by atoms with Crippen molar-refractivity contribution in [2.24, 2.45) is 0 Å². The maximum Gasteiger partial charge on any atom is 0.169 e. The number of benzene rings is 1. The first-order chi connectivity index (χ1) is 11.1. The van der Waals surface area contributed by atoms with Crippen LogP contribution in [0, 0.1) is 0 Å². The monoisotopic (exact) mass is 336 g/mol. The standard InChI is InChI=1S/C18H28N2O2S/c1-13(2)19-18(23)20(15-9-5-6-10-15)12-14-8-7-11-16(21-3)17(14)22-4/h7-8,11,13,15H,5-6,9-10,12H2,1-4H3,(H,19,23). The zero-order valence-electron chi connectivity index (χ0n) is 14.6. The SMILES string of the molecule is COc1cccc(CN(C(=S)NC(C)C)C2CCCC2)c1OC. The molecule has 4 nitrogen and oxygen atoms in total. The molecule has 1 aromatic rings. The number of hydrogen-bond acceptors (Lipinski definition) is 3. The lowest BCUT2D eigenvalue weighted by Gasteiger charge is -2.33. The highest BCUT2D eigenvalue weighted by atomic mass is 32.1. The molecule has 0 radical (unpaired) electrons. The van der Waals surface area contributed by atoms with Crippen LogP contribution >= 0.6 is 12.2 Å². The predicted octanol–water partition coefficient (Wildman–Crippen LogP) is 3.73. The molecule has 1 N–H and O–H groups in total. The second-order valence-electron chi connectivity index (χ2n) is 6.32. The van der Waals surface area contributed by atoms with E-state index in [0.717, 1.165) is 28.7 Å². The Morgan fingerprint density at radius 3 is 2.52 bits per heavy atom. The fourth-order valence-corrected chi connectivity index (χ4v) is 3.62. The molecule has 0 atom stereocenters. The van der Waals surface area contributed by atoms with Crippen molar-refractivity contribution < 1.29 is 9.47 Å². The Morgan fingerprint density at radius 2 is 1.96 bits per heavy atom. The molecular formula is C18H28N2O2S. The van der Waals surface area contributed by atoms with Gasteiger partial charge in [-0.3, -0.25) is 0 Å². The van der Waals surface area contributed by atoms with Gasteiger partial charge in [-0.05, 0) is 45.0 Å². The zero-order chi connectivity index (χ0) is 16.8. The average Bonchev–Trinajstić information content (AvgIpc) is 3.05. The second-order valence-corrected chi connectivity index (χ2v) is 6.71. The van der Waals surface area contributed by atoms with Crippen molar-refractivity contribution in [2.45, 2.75) is 58.2 Å². The first-order valence-electron chi connectivity index (χ1n) is 8.33. The lowest BCUT2D eigenvalue weighted by Crippen LogP contribution is -2.46. The predicted molar refractivity (Wildman–Crippen MR) is 98.2 cm³/mol. The first-order valence-corrected chi connectivity index (χ1v) is 8.74. The summed E-state index contributed by atoms with van der Waals surface area (Å²) in [5.41, 5.74) is 1.10. The maximum absolute atomic E-state index is 5.67. The van der Waals surface area contributed by atoms with E-state index in [1.165, 1.54) is 25.7 Å². The molecule has 0 unspecified atom stereocenters. The van der Waals surface area contributed by atoms with Crippen molar-refractivity contribution in [2.75, 3.05) is 14.2 Å². The van der Waals surface area contributed by atoms with E-state index in [1.54, 1.807) is 14.2 Å². The van der Waals surface area contributed by atoms with Crippen molar-refractivity contribution in [1.82, 2.24) is 10.2 Å². The van der Waals surface area contributed by atoms with Gasteiger partial charge in [0.2, 0.25) is 0 Å². The Morgan fingerprint density at radius 1 is 1.26 bits per heavy atom. The Hall–Kier alpha value is -1.49. The van der Waals surface area contributed by atoms with Gasteiger partial charge in [0.15, 0.2) is 16.6 Å². The minimum atomic E-state index is 0.332. The summed E-state index contributed by atoms with van der Waals surface area (Å²) >= 11 is 5.67. The van der Waals surface area contributed by atoms with Crippen LogP contribution in [0.1, 0.15) is 45.1 Å². The van der Waals surface area contributed by atoms with Gasteiger partial charge in [-0.15, -0.1) is 0 Å². The van der Waals surface area contributed by atoms with Gasteiger partial charge in [0.25, 0.3) is 0 Å². The fourth-order valence-electron chi connectivity index (χ4n) is 3.17. The zero-order valence-corrected chi connectivity index (χ0v) is 15.4. The van der Waals surface area contributed by atoms with Gasteiger partial charge in [-0.2, -0.15) is 0 Å². The molecule has 1 aliphatic carbocycles. The molecule has 1 aromatic carbocycles. The van der Waals surface area contributed by atoms with Gasteiger partial charge in [0.1, 0.15) is 0 Å². The fraction of sp³-hybridized carbons (Fsp3) is 0.611. The number of nitrogens with zero attached hydrogens (tertiary/aromatic N) is 1. The molecule has 0 heterocycles. The van der Waals surface area contributed by atoms with E-state index in [4.69, 9.17) is 21.7 Å². The third-order valence-electron chi connectivity index (χ3n) is 4.26. The molecule has 0 aliphatic heterocycles. The van der Waals surface area contributed by atoms with Gasteiger partial charge >= 0.3 is 0 Å². The summed E-state index contributed by atoms with van der Waals surface area (Å²) in [5.74, 6) is 1.56. The molecule has 5 heteroatoms. The summed E-state index contributed by atoms with van der Waals surface area (Å²) in [6, 6.07) is 6.85. The molecule has 128 valence electrons. The Balaban J connectivity index is 2.25. The Labute approximate surface area is 145 Å². The normalized spacial score (nSPS) is 14.8. The van der Waals surface area contributed by atoms with Crippen molar-refractivity contribution in [3.8, 4) is 11.5 Å². The van der Waals surface area contributed by atoms with Gasteiger partial charge < -0.3 is 19.7 Å². The lowest BCUT2D eigenvalue weighted by atomic mass is 10.1. The van der Waals surface area contributed by atoms with Crippen LogP contribution in [0.4, 0.5) is 0 Å². The van der Waals surface area contributed by atoms with E-state index < -0.39 is 0 Å². The highest BCUT2D eigenvalue weighted by Crippen LogP contribution is 2.33. The molecule has 0 bridgehead atoms. The smallest absolute Gasteiger partial charge is 0.169 e. The third-order valence-corrected chi connectivity index (χ3v) is 4.62. The molecule has 1 fully saturated rings. The van der Waals surface area contributed by atoms with E-state index in [9.17, 15) is 0 Å². The van der Waals surface area contributed by atoms with Crippen LogP contribution in [-0.2, 0) is 6.54 Å². The quantitative estimate of drug-likeness (QED) is 0.801. The van der Waals surface area contributed by atoms with Gasteiger partial charge in [-0.25, -0.2) is 0 Å². The molecular weight excluding hydrogens is 308 g/mol. The average molecular weight is 337 g/mol. The van der Waals surface area contributed by atoms with E-state index in [-0.39, 0.29) is 0 Å². The molecule has 1 saturated carbocycles. The number of ether oxygens (including phenoxy) is 2. The summed E-state index contributed by atoms with van der Waals surface area (Å²) in [5, 5.41) is 4.22. The van der Waals surface area contributed by atoms with E-state index in [1.807, 2.05) is 12.1 Å². The summed E-state index contributed by atoms with van der Waals surface area (Å²) in [4.78, 5) is 2.32. The molecule has 23 heavy (non-hydrogen) atoms. The van der Waals surface area contributed by atoms with Gasteiger partial charge in [0, 0.05) is 24.2 Å². The van der Waals surface area contributed by atoms with Crippen molar-refractivity contribution in [1.29, 1.82) is 0 Å². The van der Waals surface area contributed by atoms with Crippen LogP contribution in [0.5, 0.6) is 11.5 Å². The Kier molecular flexibility index (Phi) is 6.51. The maximum atomic E-state index is 5.67. The van der Waals surface area contributed by atoms with Crippen LogP contribution in [0.2, 0.25) is 0 Å². The highest BCUT2D eigenvalue weighted by Gasteiger charge is 2.26. The highest BCUT2D eigenvalue weighted by molar-refractivity contribution is 7.80. The van der Waals surface area contributed by atoms with Crippen LogP contribution in [0.15, 0.2) is 18.2 Å². The van der Waals surface area contributed by atoms with Crippen LogP contribution in [0.3, 0.4) is 0 Å². The van der Waals surface area contributed by atoms with Crippen LogP contribution in [-0.4, -0.2) is 36.3 Å². The lowest BCUT2D eigenvalue weighted by molar-refractivity contribution is 0.291. The van der Waals surface area contributed by atoms with Crippen molar-refractivity contribution in [3.63, 3.8) is 0 Å². The summed E-state index contributed by atoms with van der Waals surface area (Å²) in [7, 11) is 3.35. The van der Waals surface area contributed by atoms with E-state index in [0.29, 0.717) is 12.1 Å². The molecule has 2 rings (SSSR count). The number of methoxy groups -OCH3 is 2. The largest absolute Gasteiger partial charge is 0.493 e. The molecule has 0 saturated heterocycles. The second kappa shape index (κ2) is 8.39. The summed E-state index contributed by atoms with van der Waals surface area (Å²) in [6.45, 7) is 4.97. The van der Waals surface area contributed by atoms with Gasteiger partial charge in [0.05, 0.1) is 14.2 Å². The summed E-state index contributed by atoms with van der Waals surface area (Å²) in [6.07, 6.45) is 4.96. The number of para-hydroxylation sites is 1. The number of rotatable bonds is 6. The minimum absolute atomic E-state index is 0.332. The molecule has 1 aliphatic rings. The summed E-state index contributed by atoms with van der Waals surface area (Å²) < 4.78 is 11.0. The van der Waals surface area contributed by atoms with Crippen LogP contribution in [0.25, 0.3) is 0 Å². The minimum Gasteiger partial charge on any atom is -0.493 e. The third kappa shape index (κ3) is 4.50. The number of hydrogen-bond donors (Lipinski definition) is 1. The number of thiocarbonyl (C=S) groups is 1. The van der Waals surface area contributed by atoms with Crippen molar-refractivity contribution >= 4 is 17.3 Å². The topological polar surface area (TPSA) is 33.7 Å². The van der Waals surface area contributed by atoms with Crippen molar-refractivity contribution in [3.05, 3.63) is 23.8 Å². The van der Waals surface area contributed by atoms with Crippen LogP contribution < -0.4 is 14.8 Å². The molecule has 0 aromatic heterocycles. The molecule has 0 amide bonds. The number of nitrogens with one attached hydrogen (secondary N) is 1. The Bertz CT molecular complexity index is 528. The van der Waals surface area contributed by atoms with E-state index in [2.05, 4.69) is 30.1 Å². The van der Waals surface area contributed by atoms with Gasteiger partial charge in [-0.1, -0.05) is 25.0 Å². The first kappa shape index (κ1) is 17.9.